The molecular weight excluding hydrogens is 232 g/mol. The van der Waals surface area contributed by atoms with Gasteiger partial charge in [0.15, 0.2) is 0 Å². The van der Waals surface area contributed by atoms with Crippen LogP contribution in [-0.2, 0) is 20.0 Å². The van der Waals surface area contributed by atoms with Crippen LogP contribution in [0.5, 0.6) is 0 Å². The fourth-order valence-corrected chi connectivity index (χ4v) is 1.65. The van der Waals surface area contributed by atoms with Crippen molar-refractivity contribution >= 4 is 6.16 Å². The fraction of sp³-hybridized carbons (Fsp3) is 0.500. The Balaban J connectivity index is 2.92. The van der Waals surface area contributed by atoms with Gasteiger partial charge in [0.1, 0.15) is 0 Å². The zero-order valence-corrected chi connectivity index (χ0v) is 11.3. The van der Waals surface area contributed by atoms with Gasteiger partial charge in [0, 0.05) is 12.5 Å². The summed E-state index contributed by atoms with van der Waals surface area (Å²) >= 11 is 0. The first-order chi connectivity index (χ1) is 8.48. The molecule has 0 aliphatic rings. The topological polar surface area (TPSA) is 44.8 Å². The molecule has 0 N–H and O–H groups in total. The Morgan fingerprint density at radius 2 is 1.89 bits per heavy atom. The number of carbonyl (C=O) groups is 1. The highest BCUT2D eigenvalue weighted by molar-refractivity contribution is 5.60. The van der Waals surface area contributed by atoms with E-state index in [9.17, 15) is 4.79 Å². The smallest absolute Gasteiger partial charge is 0.435 e. The number of rotatable bonds is 5. The van der Waals surface area contributed by atoms with Gasteiger partial charge in [0.25, 0.3) is 0 Å². The zero-order chi connectivity index (χ0) is 13.6. The maximum atomic E-state index is 11.5. The van der Waals surface area contributed by atoms with Crippen LogP contribution in [0.2, 0.25) is 0 Å². The Bertz CT molecular complexity index is 375. The van der Waals surface area contributed by atoms with Crippen molar-refractivity contribution in [3.8, 4) is 0 Å². The van der Waals surface area contributed by atoms with Gasteiger partial charge in [-0.1, -0.05) is 30.3 Å². The Kier molecular flexibility index (Phi) is 5.16. The molecule has 0 radical (unpaired) electrons. The monoisotopic (exact) mass is 252 g/mol. The maximum absolute atomic E-state index is 11.5. The van der Waals surface area contributed by atoms with Crippen LogP contribution < -0.4 is 0 Å². The van der Waals surface area contributed by atoms with Gasteiger partial charge in [-0.25, -0.2) is 4.79 Å². The van der Waals surface area contributed by atoms with E-state index in [0.717, 1.165) is 5.56 Å². The number of hydrogen-bond acceptors (Lipinski definition) is 4. The summed E-state index contributed by atoms with van der Waals surface area (Å²) in [5, 5.41) is 0. The molecule has 1 aromatic carbocycles. The quantitative estimate of drug-likeness (QED) is 0.594. The van der Waals surface area contributed by atoms with Crippen LogP contribution in [-0.4, -0.2) is 18.9 Å². The van der Waals surface area contributed by atoms with Gasteiger partial charge in [-0.05, 0) is 20.8 Å². The van der Waals surface area contributed by atoms with Gasteiger partial charge in [-0.2, -0.15) is 0 Å². The van der Waals surface area contributed by atoms with Crippen LogP contribution in [0.15, 0.2) is 30.3 Å². The minimum atomic E-state index is -1.14. The van der Waals surface area contributed by atoms with Crippen LogP contribution in [0.4, 0.5) is 4.79 Å². The molecule has 18 heavy (non-hydrogen) atoms. The molecular formula is C14H20O4. The van der Waals surface area contributed by atoms with E-state index < -0.39 is 11.9 Å². The van der Waals surface area contributed by atoms with E-state index in [0.29, 0.717) is 0 Å². The molecule has 0 spiro atoms. The highest BCUT2D eigenvalue weighted by Gasteiger charge is 2.33. The molecule has 0 fully saturated rings. The summed E-state index contributed by atoms with van der Waals surface area (Å²) in [6.45, 7) is 7.47. The number of ether oxygens (including phenoxy) is 3. The number of hydrogen-bond donors (Lipinski definition) is 0. The summed E-state index contributed by atoms with van der Waals surface area (Å²) in [6.07, 6.45) is -0.811. The van der Waals surface area contributed by atoms with Crippen LogP contribution in [0.3, 0.4) is 0 Å². The summed E-state index contributed by atoms with van der Waals surface area (Å²) in [5.41, 5.74) is 0.770. The van der Waals surface area contributed by atoms with Gasteiger partial charge in [-0.3, -0.25) is 0 Å². The summed E-state index contributed by atoms with van der Waals surface area (Å²) in [6, 6.07) is 9.32. The summed E-state index contributed by atoms with van der Waals surface area (Å²) in [7, 11) is 0. The molecule has 1 aromatic rings. The number of carbonyl (C=O) groups excluding carboxylic acids is 1. The lowest BCUT2D eigenvalue weighted by Gasteiger charge is -2.31. The van der Waals surface area contributed by atoms with Crippen molar-refractivity contribution in [2.24, 2.45) is 0 Å². The first kappa shape index (κ1) is 14.5. The molecule has 0 saturated carbocycles. The van der Waals surface area contributed by atoms with E-state index in [2.05, 4.69) is 0 Å². The zero-order valence-electron chi connectivity index (χ0n) is 11.3. The van der Waals surface area contributed by atoms with Crippen molar-refractivity contribution in [1.82, 2.24) is 0 Å². The van der Waals surface area contributed by atoms with Crippen molar-refractivity contribution in [2.45, 2.75) is 39.6 Å². The minimum absolute atomic E-state index is 0.0790. The standard InChI is InChI=1S/C14H20O4/c1-5-16-13(15)18-14(4,17-11(2)3)12-9-7-6-8-10-12/h6-11H,5H2,1-4H3. The molecule has 0 aliphatic heterocycles. The van der Waals surface area contributed by atoms with E-state index in [1.807, 2.05) is 44.2 Å². The number of benzene rings is 1. The summed E-state index contributed by atoms with van der Waals surface area (Å²) in [5.74, 6) is -1.14. The van der Waals surface area contributed by atoms with Gasteiger partial charge in [-0.15, -0.1) is 0 Å². The van der Waals surface area contributed by atoms with Crippen molar-refractivity contribution < 1.29 is 19.0 Å². The average molecular weight is 252 g/mol. The normalized spacial score (nSPS) is 14.1. The Morgan fingerprint density at radius 1 is 1.28 bits per heavy atom. The third-order valence-electron chi connectivity index (χ3n) is 2.30. The lowest BCUT2D eigenvalue weighted by molar-refractivity contribution is -0.227. The van der Waals surface area contributed by atoms with Gasteiger partial charge >= 0.3 is 6.16 Å². The second-order valence-electron chi connectivity index (χ2n) is 4.26. The average Bonchev–Trinajstić information content (AvgIpc) is 2.29. The fourth-order valence-electron chi connectivity index (χ4n) is 1.65. The van der Waals surface area contributed by atoms with Crippen LogP contribution in [0.1, 0.15) is 33.3 Å². The molecule has 0 amide bonds. The summed E-state index contributed by atoms with van der Waals surface area (Å²) in [4.78, 5) is 11.5. The second-order valence-corrected chi connectivity index (χ2v) is 4.26. The molecule has 100 valence electrons. The Hall–Kier alpha value is -1.55. The third-order valence-corrected chi connectivity index (χ3v) is 2.30. The largest absolute Gasteiger partial charge is 0.511 e. The van der Waals surface area contributed by atoms with E-state index in [-0.39, 0.29) is 12.7 Å². The SMILES string of the molecule is CCOC(=O)OC(C)(OC(C)C)c1ccccc1. The van der Waals surface area contributed by atoms with E-state index in [1.165, 1.54) is 0 Å². The summed E-state index contributed by atoms with van der Waals surface area (Å²) < 4.78 is 15.8. The third kappa shape index (κ3) is 4.04. The molecule has 4 nitrogen and oxygen atoms in total. The Morgan fingerprint density at radius 3 is 2.39 bits per heavy atom. The van der Waals surface area contributed by atoms with Crippen molar-refractivity contribution in [3.63, 3.8) is 0 Å². The maximum Gasteiger partial charge on any atom is 0.511 e. The molecule has 0 aromatic heterocycles. The van der Waals surface area contributed by atoms with Gasteiger partial charge in [0.05, 0.1) is 12.7 Å². The highest BCUT2D eigenvalue weighted by atomic mass is 16.8. The van der Waals surface area contributed by atoms with Gasteiger partial charge in [0.2, 0.25) is 5.79 Å². The molecule has 0 aliphatic carbocycles. The van der Waals surface area contributed by atoms with E-state index >= 15 is 0 Å². The van der Waals surface area contributed by atoms with Crippen molar-refractivity contribution in [2.75, 3.05) is 6.61 Å². The molecule has 1 atom stereocenters. The second kappa shape index (κ2) is 6.40. The van der Waals surface area contributed by atoms with Crippen molar-refractivity contribution in [3.05, 3.63) is 35.9 Å². The Labute approximate surface area is 108 Å². The molecule has 1 unspecified atom stereocenters. The molecule has 1 rings (SSSR count). The van der Waals surface area contributed by atoms with Crippen molar-refractivity contribution in [1.29, 1.82) is 0 Å². The first-order valence-corrected chi connectivity index (χ1v) is 6.07. The van der Waals surface area contributed by atoms with Crippen LogP contribution >= 0.6 is 0 Å². The lowest BCUT2D eigenvalue weighted by Crippen LogP contribution is -2.35. The van der Waals surface area contributed by atoms with E-state index in [4.69, 9.17) is 14.2 Å². The van der Waals surface area contributed by atoms with Crippen LogP contribution in [0, 0.1) is 0 Å². The molecule has 0 bridgehead atoms. The highest BCUT2D eigenvalue weighted by Crippen LogP contribution is 2.28. The predicted octanol–water partition coefficient (Wildman–Crippen LogP) is 3.46. The molecule has 0 saturated heterocycles. The molecule has 4 heteroatoms. The van der Waals surface area contributed by atoms with E-state index in [1.54, 1.807) is 13.8 Å². The first-order valence-electron chi connectivity index (χ1n) is 6.07. The lowest BCUT2D eigenvalue weighted by atomic mass is 10.1. The van der Waals surface area contributed by atoms with Gasteiger partial charge < -0.3 is 14.2 Å². The molecule has 0 heterocycles. The van der Waals surface area contributed by atoms with Crippen LogP contribution in [0.25, 0.3) is 0 Å². The predicted molar refractivity (Wildman–Crippen MR) is 68.1 cm³/mol. The minimum Gasteiger partial charge on any atom is -0.435 e.